The molecule has 2 heterocycles. The van der Waals surface area contributed by atoms with Crippen molar-refractivity contribution in [2.24, 2.45) is 0 Å². The van der Waals surface area contributed by atoms with E-state index in [1.807, 2.05) is 36.5 Å². The van der Waals surface area contributed by atoms with Gasteiger partial charge in [0.05, 0.1) is 12.5 Å². The minimum Gasteiger partial charge on any atom is -0.472 e. The fourth-order valence-electron chi connectivity index (χ4n) is 2.01. The minimum absolute atomic E-state index is 0.0588. The van der Waals surface area contributed by atoms with Crippen LogP contribution in [0.5, 0.6) is 0 Å². The summed E-state index contributed by atoms with van der Waals surface area (Å²) in [7, 11) is 0. The second-order valence-corrected chi connectivity index (χ2v) is 4.42. The Bertz CT molecular complexity index is 776. The largest absolute Gasteiger partial charge is 0.472 e. The van der Waals surface area contributed by atoms with Crippen molar-refractivity contribution in [2.75, 3.05) is 0 Å². The number of aromatic nitrogens is 1. The summed E-state index contributed by atoms with van der Waals surface area (Å²) in [6.45, 7) is 0. The lowest BCUT2D eigenvalue weighted by molar-refractivity contribution is -0.110. The number of carbonyl (C=O) groups is 1. The number of hydrogen-bond donors (Lipinski definition) is 1. The Balaban J connectivity index is 1.75. The third-order valence-corrected chi connectivity index (χ3v) is 3.03. The molecular formula is C17H13NO2. The van der Waals surface area contributed by atoms with Crippen molar-refractivity contribution in [1.82, 2.24) is 4.98 Å². The predicted molar refractivity (Wildman–Crippen MR) is 80.1 cm³/mol. The highest BCUT2D eigenvalue weighted by Gasteiger charge is 1.99. The van der Waals surface area contributed by atoms with Crippen LogP contribution in [0, 0.1) is 0 Å². The molecule has 0 spiro atoms. The summed E-state index contributed by atoms with van der Waals surface area (Å²) in [6.07, 6.45) is 11.7. The molecule has 0 saturated carbocycles. The maximum absolute atomic E-state index is 11.8. The summed E-state index contributed by atoms with van der Waals surface area (Å²) in [5.41, 5.74) is 2.94. The molecule has 0 saturated heterocycles. The monoisotopic (exact) mass is 263 g/mol. The summed E-state index contributed by atoms with van der Waals surface area (Å²) in [4.78, 5) is 14.9. The van der Waals surface area contributed by atoms with Crippen LogP contribution in [0.4, 0.5) is 0 Å². The fourth-order valence-corrected chi connectivity index (χ4v) is 2.01. The number of rotatable bonds is 4. The van der Waals surface area contributed by atoms with Crippen LogP contribution in [-0.2, 0) is 4.79 Å². The quantitative estimate of drug-likeness (QED) is 0.721. The number of aromatic amines is 1. The third kappa shape index (κ3) is 2.62. The van der Waals surface area contributed by atoms with E-state index in [4.69, 9.17) is 4.42 Å². The third-order valence-electron chi connectivity index (χ3n) is 3.03. The summed E-state index contributed by atoms with van der Waals surface area (Å²) < 4.78 is 4.93. The molecule has 20 heavy (non-hydrogen) atoms. The molecule has 0 aliphatic heterocycles. The Morgan fingerprint density at radius 2 is 1.95 bits per heavy atom. The summed E-state index contributed by atoms with van der Waals surface area (Å²) in [6, 6.07) is 9.79. The Morgan fingerprint density at radius 1 is 1.10 bits per heavy atom. The van der Waals surface area contributed by atoms with Crippen molar-refractivity contribution in [2.45, 2.75) is 0 Å². The van der Waals surface area contributed by atoms with Gasteiger partial charge < -0.3 is 9.40 Å². The minimum atomic E-state index is -0.0588. The molecule has 0 bridgehead atoms. The van der Waals surface area contributed by atoms with Crippen molar-refractivity contribution in [3.8, 4) is 0 Å². The van der Waals surface area contributed by atoms with E-state index in [1.54, 1.807) is 30.7 Å². The van der Waals surface area contributed by atoms with Crippen LogP contribution in [0.15, 0.2) is 65.6 Å². The lowest BCUT2D eigenvalue weighted by Gasteiger charge is -1.90. The Labute approximate surface area is 116 Å². The van der Waals surface area contributed by atoms with Crippen LogP contribution in [-0.4, -0.2) is 10.8 Å². The number of para-hydroxylation sites is 1. The van der Waals surface area contributed by atoms with Gasteiger partial charge in [-0.3, -0.25) is 4.79 Å². The molecule has 98 valence electrons. The molecule has 1 aromatic carbocycles. The van der Waals surface area contributed by atoms with Gasteiger partial charge >= 0.3 is 0 Å². The smallest absolute Gasteiger partial charge is 0.178 e. The van der Waals surface area contributed by atoms with E-state index in [2.05, 4.69) is 4.98 Å². The van der Waals surface area contributed by atoms with Crippen LogP contribution in [0.25, 0.3) is 23.1 Å². The van der Waals surface area contributed by atoms with E-state index >= 15 is 0 Å². The molecule has 0 aliphatic carbocycles. The second kappa shape index (κ2) is 5.45. The Kier molecular flexibility index (Phi) is 3.33. The zero-order chi connectivity index (χ0) is 13.8. The van der Waals surface area contributed by atoms with Gasteiger partial charge in [0, 0.05) is 22.7 Å². The predicted octanol–water partition coefficient (Wildman–Crippen LogP) is 4.06. The first-order chi connectivity index (χ1) is 9.83. The summed E-state index contributed by atoms with van der Waals surface area (Å²) in [5.74, 6) is -0.0588. The van der Waals surface area contributed by atoms with E-state index in [0.29, 0.717) is 0 Å². The molecular weight excluding hydrogens is 250 g/mol. The average molecular weight is 263 g/mol. The molecule has 0 amide bonds. The van der Waals surface area contributed by atoms with Crippen molar-refractivity contribution in [3.63, 3.8) is 0 Å². The van der Waals surface area contributed by atoms with Gasteiger partial charge in [0.15, 0.2) is 5.78 Å². The van der Waals surface area contributed by atoms with Crippen LogP contribution < -0.4 is 0 Å². The number of ketones is 1. The summed E-state index contributed by atoms with van der Waals surface area (Å²) in [5, 5.41) is 1.11. The van der Waals surface area contributed by atoms with Gasteiger partial charge in [-0.1, -0.05) is 18.2 Å². The van der Waals surface area contributed by atoms with E-state index in [9.17, 15) is 4.79 Å². The van der Waals surface area contributed by atoms with E-state index in [1.165, 1.54) is 6.08 Å². The molecule has 3 rings (SSSR count). The molecule has 0 aliphatic rings. The number of carbonyl (C=O) groups excluding carboxylic acids is 1. The fraction of sp³-hybridized carbons (Fsp3) is 0. The zero-order valence-corrected chi connectivity index (χ0v) is 10.7. The van der Waals surface area contributed by atoms with Gasteiger partial charge in [0.2, 0.25) is 0 Å². The number of fused-ring (bicyclic) bond motifs is 1. The van der Waals surface area contributed by atoms with Crippen LogP contribution >= 0.6 is 0 Å². The number of allylic oxidation sites excluding steroid dienone is 2. The SMILES string of the molecule is O=C(/C=C/c1ccoc1)/C=C/c1c[nH]c2ccccc12. The van der Waals surface area contributed by atoms with Gasteiger partial charge in [0.1, 0.15) is 0 Å². The lowest BCUT2D eigenvalue weighted by Crippen LogP contribution is -1.84. The number of H-pyrrole nitrogens is 1. The van der Waals surface area contributed by atoms with Crippen molar-refractivity contribution < 1.29 is 9.21 Å². The average Bonchev–Trinajstić information content (AvgIpc) is 3.12. The van der Waals surface area contributed by atoms with E-state index in [-0.39, 0.29) is 5.78 Å². The molecule has 0 fully saturated rings. The maximum atomic E-state index is 11.8. The number of furan rings is 1. The molecule has 2 aromatic heterocycles. The molecule has 3 heteroatoms. The van der Waals surface area contributed by atoms with Gasteiger partial charge in [-0.15, -0.1) is 0 Å². The summed E-state index contributed by atoms with van der Waals surface area (Å²) >= 11 is 0. The zero-order valence-electron chi connectivity index (χ0n) is 10.7. The van der Waals surface area contributed by atoms with Gasteiger partial charge in [-0.25, -0.2) is 0 Å². The highest BCUT2D eigenvalue weighted by molar-refractivity contribution is 6.05. The molecule has 0 radical (unpaired) electrons. The number of hydrogen-bond acceptors (Lipinski definition) is 2. The van der Waals surface area contributed by atoms with Crippen LogP contribution in [0.1, 0.15) is 11.1 Å². The molecule has 0 unspecified atom stereocenters. The molecule has 1 N–H and O–H groups in total. The molecule has 3 nitrogen and oxygen atoms in total. The molecule has 0 atom stereocenters. The second-order valence-electron chi connectivity index (χ2n) is 4.42. The van der Waals surface area contributed by atoms with Gasteiger partial charge in [-0.2, -0.15) is 0 Å². The standard InChI is InChI=1S/C17H13NO2/c19-15(7-5-13-9-10-20-12-13)8-6-14-11-18-17-4-2-1-3-16(14)17/h1-12,18H/b7-5+,8-6+. The molecule has 3 aromatic rings. The van der Waals surface area contributed by atoms with Gasteiger partial charge in [-0.05, 0) is 42.0 Å². The maximum Gasteiger partial charge on any atom is 0.178 e. The normalized spacial score (nSPS) is 11.8. The highest BCUT2D eigenvalue weighted by atomic mass is 16.3. The van der Waals surface area contributed by atoms with Crippen molar-refractivity contribution in [3.05, 3.63) is 72.3 Å². The first kappa shape index (κ1) is 12.2. The first-order valence-electron chi connectivity index (χ1n) is 6.31. The number of nitrogens with one attached hydrogen (secondary N) is 1. The topological polar surface area (TPSA) is 46.0 Å². The Hall–Kier alpha value is -2.81. The first-order valence-corrected chi connectivity index (χ1v) is 6.31. The lowest BCUT2D eigenvalue weighted by atomic mass is 10.1. The highest BCUT2D eigenvalue weighted by Crippen LogP contribution is 2.18. The van der Waals surface area contributed by atoms with Crippen molar-refractivity contribution in [1.29, 1.82) is 0 Å². The van der Waals surface area contributed by atoms with Crippen molar-refractivity contribution >= 4 is 28.8 Å². The van der Waals surface area contributed by atoms with Gasteiger partial charge in [0.25, 0.3) is 0 Å². The van der Waals surface area contributed by atoms with E-state index in [0.717, 1.165) is 22.0 Å². The van der Waals surface area contributed by atoms with Crippen LogP contribution in [0.3, 0.4) is 0 Å². The van der Waals surface area contributed by atoms with E-state index < -0.39 is 0 Å². The van der Waals surface area contributed by atoms with Crippen LogP contribution in [0.2, 0.25) is 0 Å². The Morgan fingerprint density at radius 3 is 2.80 bits per heavy atom. The number of benzene rings is 1.